The number of benzene rings is 3. The Morgan fingerprint density at radius 1 is 1.09 bits per heavy atom. The average molecular weight is 509 g/mol. The van der Waals surface area contributed by atoms with E-state index < -0.39 is 11.9 Å². The third kappa shape index (κ3) is 5.22. The lowest BCUT2D eigenvalue weighted by molar-refractivity contribution is 0.0734. The highest BCUT2D eigenvalue weighted by atomic mass is 35.5. The first kappa shape index (κ1) is 24.5. The van der Waals surface area contributed by atoms with Crippen LogP contribution in [0.3, 0.4) is 0 Å². The highest BCUT2D eigenvalue weighted by Gasteiger charge is 2.33. The molecule has 0 radical (unpaired) electrons. The van der Waals surface area contributed by atoms with Gasteiger partial charge < -0.3 is 19.9 Å². The molecule has 2 N–H and O–H groups in total. The zero-order chi connectivity index (χ0) is 25.1. The molecule has 0 amide bonds. The number of ether oxygens (including phenoxy) is 3. The maximum atomic E-state index is 12.7. The van der Waals surface area contributed by atoms with Crippen LogP contribution in [0.1, 0.15) is 41.3 Å². The molecule has 0 bridgehead atoms. The predicted octanol–water partition coefficient (Wildman–Crippen LogP) is 6.47. The minimum Gasteiger partial charge on any atom is -0.493 e. The van der Waals surface area contributed by atoms with Crippen LogP contribution in [-0.2, 0) is 0 Å². The Bertz CT molecular complexity index is 1320. The second-order valence-corrected chi connectivity index (χ2v) is 9.19. The first-order chi connectivity index (χ1) is 16.8. The Morgan fingerprint density at radius 3 is 2.37 bits per heavy atom. The number of nitrogens with two attached hydrogens (primary N) is 1. The van der Waals surface area contributed by atoms with Crippen molar-refractivity contribution < 1.29 is 19.0 Å². The van der Waals surface area contributed by atoms with Gasteiger partial charge in [0, 0.05) is 27.2 Å². The molecule has 178 valence electrons. The second kappa shape index (κ2) is 10.3. The SMILES string of the molecule is CC(C)COc1ccc(C(=O)Oc2ccc3c(c2)OC(N)=C(C#N)C3c2c(Cl)cccc2Cl)cc1. The monoisotopic (exact) mass is 508 g/mol. The fourth-order valence-corrected chi connectivity index (χ4v) is 4.31. The molecule has 6 nitrogen and oxygen atoms in total. The summed E-state index contributed by atoms with van der Waals surface area (Å²) in [6, 6.07) is 18.8. The predicted molar refractivity (Wildman–Crippen MR) is 134 cm³/mol. The normalized spacial score (nSPS) is 14.7. The molecular formula is C27H22Cl2N2O4. The number of carbonyl (C=O) groups excluding carboxylic acids is 1. The quantitative estimate of drug-likeness (QED) is 0.303. The van der Waals surface area contributed by atoms with Gasteiger partial charge in [0.15, 0.2) is 0 Å². The van der Waals surface area contributed by atoms with Gasteiger partial charge in [0.1, 0.15) is 28.9 Å². The third-order valence-corrected chi connectivity index (χ3v) is 6.02. The number of nitriles is 1. The number of carbonyl (C=O) groups is 1. The molecule has 0 fully saturated rings. The van der Waals surface area contributed by atoms with Crippen LogP contribution in [0.2, 0.25) is 10.0 Å². The van der Waals surface area contributed by atoms with Crippen LogP contribution in [0.15, 0.2) is 72.1 Å². The minimum atomic E-state index is -0.631. The van der Waals surface area contributed by atoms with Crippen molar-refractivity contribution in [2.24, 2.45) is 11.7 Å². The van der Waals surface area contributed by atoms with E-state index >= 15 is 0 Å². The first-order valence-electron chi connectivity index (χ1n) is 10.9. The summed E-state index contributed by atoms with van der Waals surface area (Å²) < 4.78 is 16.9. The Kier molecular flexibility index (Phi) is 7.20. The maximum Gasteiger partial charge on any atom is 0.343 e. The second-order valence-electron chi connectivity index (χ2n) is 8.38. The fraction of sp³-hybridized carbons (Fsp3) is 0.185. The van der Waals surface area contributed by atoms with Gasteiger partial charge in [0.2, 0.25) is 5.88 Å². The molecule has 1 aliphatic rings. The summed E-state index contributed by atoms with van der Waals surface area (Å²) in [5.41, 5.74) is 7.79. The molecule has 35 heavy (non-hydrogen) atoms. The van der Waals surface area contributed by atoms with Crippen molar-refractivity contribution in [2.45, 2.75) is 19.8 Å². The zero-order valence-corrected chi connectivity index (χ0v) is 20.6. The Hall–Kier alpha value is -3.66. The molecule has 0 spiro atoms. The van der Waals surface area contributed by atoms with Gasteiger partial charge in [-0.15, -0.1) is 0 Å². The largest absolute Gasteiger partial charge is 0.493 e. The number of rotatable bonds is 6. The van der Waals surface area contributed by atoms with E-state index in [1.165, 1.54) is 0 Å². The Labute approximate surface area is 213 Å². The molecule has 1 atom stereocenters. The molecule has 0 saturated heterocycles. The van der Waals surface area contributed by atoms with Gasteiger partial charge in [-0.3, -0.25) is 0 Å². The number of esters is 1. The lowest BCUT2D eigenvalue weighted by Crippen LogP contribution is -2.21. The van der Waals surface area contributed by atoms with Gasteiger partial charge >= 0.3 is 5.97 Å². The summed E-state index contributed by atoms with van der Waals surface area (Å²) in [7, 11) is 0. The van der Waals surface area contributed by atoms with E-state index in [1.807, 2.05) is 0 Å². The van der Waals surface area contributed by atoms with Crippen molar-refractivity contribution >= 4 is 29.2 Å². The summed E-state index contributed by atoms with van der Waals surface area (Å²) in [6.45, 7) is 4.71. The average Bonchev–Trinajstić information content (AvgIpc) is 2.82. The number of allylic oxidation sites excluding steroid dienone is 1. The highest BCUT2D eigenvalue weighted by Crippen LogP contribution is 2.47. The molecule has 8 heteroatoms. The number of hydrogen-bond acceptors (Lipinski definition) is 6. The van der Waals surface area contributed by atoms with Gasteiger partial charge in [-0.2, -0.15) is 5.26 Å². The van der Waals surface area contributed by atoms with Crippen LogP contribution in [0.25, 0.3) is 0 Å². The number of nitrogens with zero attached hydrogens (tertiary/aromatic N) is 1. The van der Waals surface area contributed by atoms with Crippen LogP contribution in [0.5, 0.6) is 17.2 Å². The van der Waals surface area contributed by atoms with Crippen molar-refractivity contribution in [1.29, 1.82) is 5.26 Å². The minimum absolute atomic E-state index is 0.0681. The van der Waals surface area contributed by atoms with Crippen molar-refractivity contribution in [3.63, 3.8) is 0 Å². The van der Waals surface area contributed by atoms with Crippen molar-refractivity contribution in [3.8, 4) is 23.3 Å². The first-order valence-corrected chi connectivity index (χ1v) is 11.6. The van der Waals surface area contributed by atoms with Crippen LogP contribution in [0, 0.1) is 17.2 Å². The lowest BCUT2D eigenvalue weighted by atomic mass is 9.83. The van der Waals surface area contributed by atoms with E-state index in [0.717, 1.165) is 0 Å². The van der Waals surface area contributed by atoms with Crippen molar-refractivity contribution in [3.05, 3.63) is 98.9 Å². The third-order valence-electron chi connectivity index (χ3n) is 5.36. The van der Waals surface area contributed by atoms with Crippen LogP contribution >= 0.6 is 23.2 Å². The van der Waals surface area contributed by atoms with Gasteiger partial charge in [0.05, 0.1) is 18.1 Å². The van der Waals surface area contributed by atoms with Gasteiger partial charge in [0.25, 0.3) is 0 Å². The van der Waals surface area contributed by atoms with Gasteiger partial charge in [-0.25, -0.2) is 4.79 Å². The number of halogens is 2. The zero-order valence-electron chi connectivity index (χ0n) is 19.0. The molecule has 1 aliphatic heterocycles. The maximum absolute atomic E-state index is 12.7. The lowest BCUT2D eigenvalue weighted by Gasteiger charge is -2.27. The van der Waals surface area contributed by atoms with E-state index in [-0.39, 0.29) is 17.2 Å². The smallest absolute Gasteiger partial charge is 0.343 e. The van der Waals surface area contributed by atoms with Crippen molar-refractivity contribution in [2.75, 3.05) is 6.61 Å². The van der Waals surface area contributed by atoms with Crippen LogP contribution in [-0.4, -0.2) is 12.6 Å². The van der Waals surface area contributed by atoms with Crippen LogP contribution in [0.4, 0.5) is 0 Å². The molecule has 0 aromatic heterocycles. The molecule has 0 aliphatic carbocycles. The Morgan fingerprint density at radius 2 is 1.74 bits per heavy atom. The summed E-state index contributed by atoms with van der Waals surface area (Å²) in [5.74, 6) is 0.429. The van der Waals surface area contributed by atoms with E-state index in [1.54, 1.807) is 60.7 Å². The summed E-state index contributed by atoms with van der Waals surface area (Å²) >= 11 is 12.9. The molecular weight excluding hydrogens is 487 g/mol. The molecule has 1 heterocycles. The topological polar surface area (TPSA) is 94.6 Å². The molecule has 0 saturated carbocycles. The van der Waals surface area contributed by atoms with Gasteiger partial charge in [-0.1, -0.05) is 49.2 Å². The molecule has 3 aromatic rings. The van der Waals surface area contributed by atoms with E-state index in [2.05, 4.69) is 19.9 Å². The van der Waals surface area contributed by atoms with E-state index in [0.29, 0.717) is 50.8 Å². The Balaban J connectivity index is 1.60. The standard InChI is InChI=1S/C27H22Cl2N2O4/c1-15(2)14-33-17-8-6-16(7-9-17)27(32)34-18-10-11-19-23(12-18)35-26(31)20(13-30)24(19)25-21(28)4-3-5-22(25)29/h3-12,15,24H,14,31H2,1-2H3. The van der Waals surface area contributed by atoms with E-state index in [4.69, 9.17) is 43.1 Å². The van der Waals surface area contributed by atoms with Gasteiger partial charge in [-0.05, 0) is 48.4 Å². The fourth-order valence-electron chi connectivity index (χ4n) is 3.70. The van der Waals surface area contributed by atoms with Crippen LogP contribution < -0.4 is 19.9 Å². The number of fused-ring (bicyclic) bond motifs is 1. The molecule has 3 aromatic carbocycles. The van der Waals surface area contributed by atoms with Crippen molar-refractivity contribution in [1.82, 2.24) is 0 Å². The summed E-state index contributed by atoms with van der Waals surface area (Å²) in [5, 5.41) is 10.5. The van der Waals surface area contributed by atoms with E-state index in [9.17, 15) is 10.1 Å². The molecule has 1 unspecified atom stereocenters. The number of hydrogen-bond donors (Lipinski definition) is 1. The molecule has 4 rings (SSSR count). The summed E-state index contributed by atoms with van der Waals surface area (Å²) in [4.78, 5) is 12.7. The summed E-state index contributed by atoms with van der Waals surface area (Å²) in [6.07, 6.45) is 0. The highest BCUT2D eigenvalue weighted by molar-refractivity contribution is 6.36.